The first-order valence-corrected chi connectivity index (χ1v) is 6.24. The van der Waals surface area contributed by atoms with Gasteiger partial charge in [-0.15, -0.1) is 0 Å². The highest BCUT2D eigenvalue weighted by Crippen LogP contribution is 2.11. The van der Waals surface area contributed by atoms with Crippen molar-refractivity contribution in [3.63, 3.8) is 0 Å². The van der Waals surface area contributed by atoms with E-state index in [1.165, 1.54) is 0 Å². The highest BCUT2D eigenvalue weighted by atomic mass is 16.5. The summed E-state index contributed by atoms with van der Waals surface area (Å²) in [4.78, 5) is 11.9. The number of carbonyl (C=O) groups excluding carboxylic acids is 1. The predicted octanol–water partition coefficient (Wildman–Crippen LogP) is 1.83. The molecule has 2 N–H and O–H groups in total. The van der Waals surface area contributed by atoms with E-state index in [9.17, 15) is 4.79 Å². The van der Waals surface area contributed by atoms with Crippen molar-refractivity contribution in [1.29, 1.82) is 0 Å². The van der Waals surface area contributed by atoms with Crippen molar-refractivity contribution in [2.24, 2.45) is 5.92 Å². The highest BCUT2D eigenvalue weighted by molar-refractivity contribution is 5.94. The number of rotatable bonds is 7. The fraction of sp³-hybridized carbons (Fsp3) is 0.500. The van der Waals surface area contributed by atoms with Crippen LogP contribution in [0.25, 0.3) is 0 Å². The SMILES string of the molecule is CCC(CCO)CNC(=O)c1ccc(OC)cc1. The van der Waals surface area contributed by atoms with E-state index < -0.39 is 0 Å². The Morgan fingerprint density at radius 1 is 1.39 bits per heavy atom. The highest BCUT2D eigenvalue weighted by Gasteiger charge is 2.09. The lowest BCUT2D eigenvalue weighted by atomic mass is 10.0. The third-order valence-corrected chi connectivity index (χ3v) is 3.02. The van der Waals surface area contributed by atoms with Gasteiger partial charge in [0.05, 0.1) is 7.11 Å². The van der Waals surface area contributed by atoms with Crippen LogP contribution >= 0.6 is 0 Å². The van der Waals surface area contributed by atoms with Gasteiger partial charge in [-0.2, -0.15) is 0 Å². The molecule has 1 unspecified atom stereocenters. The van der Waals surface area contributed by atoms with E-state index in [-0.39, 0.29) is 12.5 Å². The van der Waals surface area contributed by atoms with E-state index >= 15 is 0 Å². The number of nitrogens with one attached hydrogen (secondary N) is 1. The smallest absolute Gasteiger partial charge is 0.251 e. The van der Waals surface area contributed by atoms with Crippen molar-refractivity contribution >= 4 is 5.91 Å². The number of aliphatic hydroxyl groups excluding tert-OH is 1. The summed E-state index contributed by atoms with van der Waals surface area (Å²) in [6.07, 6.45) is 1.67. The van der Waals surface area contributed by atoms with Crippen molar-refractivity contribution in [2.75, 3.05) is 20.3 Å². The van der Waals surface area contributed by atoms with Gasteiger partial charge >= 0.3 is 0 Å². The Balaban J connectivity index is 2.48. The van der Waals surface area contributed by atoms with Gasteiger partial charge in [0.2, 0.25) is 0 Å². The van der Waals surface area contributed by atoms with E-state index in [2.05, 4.69) is 12.2 Å². The number of methoxy groups -OCH3 is 1. The van der Waals surface area contributed by atoms with Crippen LogP contribution in [0.3, 0.4) is 0 Å². The van der Waals surface area contributed by atoms with Crippen LogP contribution in [0.2, 0.25) is 0 Å². The lowest BCUT2D eigenvalue weighted by molar-refractivity contribution is 0.0943. The largest absolute Gasteiger partial charge is 0.497 e. The molecule has 1 atom stereocenters. The zero-order chi connectivity index (χ0) is 13.4. The molecule has 1 rings (SSSR count). The fourth-order valence-electron chi connectivity index (χ4n) is 1.71. The molecular weight excluding hydrogens is 230 g/mol. The van der Waals surface area contributed by atoms with Gasteiger partial charge in [0.25, 0.3) is 5.91 Å². The minimum atomic E-state index is -0.0888. The maximum absolute atomic E-state index is 11.9. The van der Waals surface area contributed by atoms with Crippen LogP contribution in [0.1, 0.15) is 30.1 Å². The Hall–Kier alpha value is -1.55. The second-order valence-corrected chi connectivity index (χ2v) is 4.23. The second-order valence-electron chi connectivity index (χ2n) is 4.23. The van der Waals surface area contributed by atoms with Crippen LogP contribution in [-0.4, -0.2) is 31.3 Å². The van der Waals surface area contributed by atoms with Gasteiger partial charge in [-0.1, -0.05) is 13.3 Å². The molecule has 100 valence electrons. The lowest BCUT2D eigenvalue weighted by Gasteiger charge is -2.14. The van der Waals surface area contributed by atoms with Crippen molar-refractivity contribution in [3.05, 3.63) is 29.8 Å². The molecule has 0 radical (unpaired) electrons. The molecule has 0 saturated heterocycles. The minimum Gasteiger partial charge on any atom is -0.497 e. The van der Waals surface area contributed by atoms with Crippen molar-refractivity contribution < 1.29 is 14.6 Å². The second kappa shape index (κ2) is 7.71. The molecule has 4 heteroatoms. The lowest BCUT2D eigenvalue weighted by Crippen LogP contribution is -2.29. The molecule has 0 bridgehead atoms. The van der Waals surface area contributed by atoms with Crippen LogP contribution in [-0.2, 0) is 0 Å². The number of carbonyl (C=O) groups is 1. The number of hydrogen-bond donors (Lipinski definition) is 2. The fourth-order valence-corrected chi connectivity index (χ4v) is 1.71. The summed E-state index contributed by atoms with van der Waals surface area (Å²) in [5.41, 5.74) is 0.620. The first kappa shape index (κ1) is 14.5. The summed E-state index contributed by atoms with van der Waals surface area (Å²) < 4.78 is 5.04. The van der Waals surface area contributed by atoms with Crippen LogP contribution in [0, 0.1) is 5.92 Å². The number of benzene rings is 1. The topological polar surface area (TPSA) is 58.6 Å². The number of hydrogen-bond acceptors (Lipinski definition) is 3. The Morgan fingerprint density at radius 3 is 2.56 bits per heavy atom. The summed E-state index contributed by atoms with van der Waals surface area (Å²) in [6.45, 7) is 2.82. The van der Waals surface area contributed by atoms with E-state index in [1.807, 2.05) is 0 Å². The van der Waals surface area contributed by atoms with E-state index in [4.69, 9.17) is 9.84 Å². The minimum absolute atomic E-state index is 0.0888. The molecule has 4 nitrogen and oxygen atoms in total. The average molecular weight is 251 g/mol. The Bertz CT molecular complexity index is 362. The van der Waals surface area contributed by atoms with Crippen LogP contribution in [0.4, 0.5) is 0 Å². The van der Waals surface area contributed by atoms with Gasteiger partial charge in [-0.25, -0.2) is 0 Å². The van der Waals surface area contributed by atoms with Gasteiger partial charge in [0.1, 0.15) is 5.75 Å². The van der Waals surface area contributed by atoms with E-state index in [1.54, 1.807) is 31.4 Å². The maximum atomic E-state index is 11.9. The summed E-state index contributed by atoms with van der Waals surface area (Å²) in [5, 5.41) is 11.8. The first-order chi connectivity index (χ1) is 8.71. The zero-order valence-electron chi connectivity index (χ0n) is 11.0. The van der Waals surface area contributed by atoms with Crippen molar-refractivity contribution in [1.82, 2.24) is 5.32 Å². The Morgan fingerprint density at radius 2 is 2.06 bits per heavy atom. The molecule has 0 aliphatic rings. The van der Waals surface area contributed by atoms with E-state index in [0.29, 0.717) is 18.0 Å². The monoisotopic (exact) mass is 251 g/mol. The van der Waals surface area contributed by atoms with Gasteiger partial charge in [0.15, 0.2) is 0 Å². The molecule has 18 heavy (non-hydrogen) atoms. The first-order valence-electron chi connectivity index (χ1n) is 6.24. The Kier molecular flexibility index (Phi) is 6.22. The molecular formula is C14H21NO3. The molecule has 0 saturated carbocycles. The van der Waals surface area contributed by atoms with E-state index in [0.717, 1.165) is 18.6 Å². The number of amides is 1. The maximum Gasteiger partial charge on any atom is 0.251 e. The molecule has 1 aromatic rings. The number of ether oxygens (including phenoxy) is 1. The van der Waals surface area contributed by atoms with Gasteiger partial charge in [-0.3, -0.25) is 4.79 Å². The van der Waals surface area contributed by atoms with Crippen molar-refractivity contribution in [2.45, 2.75) is 19.8 Å². The van der Waals surface area contributed by atoms with Gasteiger partial charge in [0, 0.05) is 18.7 Å². The normalized spacial score (nSPS) is 11.9. The number of aliphatic hydroxyl groups is 1. The van der Waals surface area contributed by atoms with Crippen LogP contribution < -0.4 is 10.1 Å². The van der Waals surface area contributed by atoms with Crippen LogP contribution in [0.15, 0.2) is 24.3 Å². The quantitative estimate of drug-likeness (QED) is 0.777. The third kappa shape index (κ3) is 4.37. The average Bonchev–Trinajstić information content (AvgIpc) is 2.43. The summed E-state index contributed by atoms with van der Waals surface area (Å²) in [7, 11) is 1.59. The Labute approximate surface area is 108 Å². The van der Waals surface area contributed by atoms with Gasteiger partial charge < -0.3 is 15.2 Å². The van der Waals surface area contributed by atoms with Gasteiger partial charge in [-0.05, 0) is 36.6 Å². The molecule has 0 spiro atoms. The molecule has 0 fully saturated rings. The molecule has 0 aliphatic carbocycles. The molecule has 0 aliphatic heterocycles. The summed E-state index contributed by atoms with van der Waals surface area (Å²) in [6, 6.07) is 7.00. The summed E-state index contributed by atoms with van der Waals surface area (Å²) in [5.74, 6) is 0.976. The summed E-state index contributed by atoms with van der Waals surface area (Å²) >= 11 is 0. The standard InChI is InChI=1S/C14H21NO3/c1-3-11(8-9-16)10-15-14(17)12-4-6-13(18-2)7-5-12/h4-7,11,16H,3,8-10H2,1-2H3,(H,15,17). The third-order valence-electron chi connectivity index (χ3n) is 3.02. The molecule has 1 aromatic carbocycles. The van der Waals surface area contributed by atoms with Crippen LogP contribution in [0.5, 0.6) is 5.75 Å². The predicted molar refractivity (Wildman–Crippen MR) is 70.8 cm³/mol. The molecule has 1 amide bonds. The van der Waals surface area contributed by atoms with Crippen molar-refractivity contribution in [3.8, 4) is 5.75 Å². The molecule has 0 heterocycles. The zero-order valence-corrected chi connectivity index (χ0v) is 11.0. The molecule has 0 aromatic heterocycles.